The number of hydrogen-bond donors (Lipinski definition) is 0. The minimum absolute atomic E-state index is 0.0747. The number of fused-ring (bicyclic) bond motifs is 1. The SMILES string of the molecule is O=C([O-])c1cc2cc(C(F)(F)F)ccc2s1. The number of rotatable bonds is 1. The van der Waals surface area contributed by atoms with Gasteiger partial charge < -0.3 is 9.90 Å². The lowest BCUT2D eigenvalue weighted by molar-refractivity contribution is -0.254. The highest BCUT2D eigenvalue weighted by Crippen LogP contribution is 2.33. The zero-order valence-electron chi connectivity index (χ0n) is 7.67. The fourth-order valence-electron chi connectivity index (χ4n) is 1.32. The molecule has 0 fully saturated rings. The molecule has 0 saturated carbocycles. The molecule has 16 heavy (non-hydrogen) atoms. The molecule has 0 spiro atoms. The minimum atomic E-state index is -4.42. The molecule has 6 heteroatoms. The van der Waals surface area contributed by atoms with Crippen LogP contribution in [0.5, 0.6) is 0 Å². The Labute approximate surface area is 91.9 Å². The number of carbonyl (C=O) groups excluding carboxylic acids is 1. The van der Waals surface area contributed by atoms with E-state index in [-0.39, 0.29) is 10.3 Å². The summed E-state index contributed by atoms with van der Waals surface area (Å²) in [5, 5.41) is 10.8. The van der Waals surface area contributed by atoms with Crippen LogP contribution in [0.25, 0.3) is 10.1 Å². The highest BCUT2D eigenvalue weighted by atomic mass is 32.1. The standard InChI is InChI=1S/C10H5F3O2S/c11-10(12,13)6-1-2-7-5(3-6)4-8(16-7)9(14)15/h1-4H,(H,14,15)/p-1. The van der Waals surface area contributed by atoms with Crippen molar-refractivity contribution in [2.45, 2.75) is 6.18 Å². The van der Waals surface area contributed by atoms with Crippen molar-refractivity contribution in [1.82, 2.24) is 0 Å². The predicted molar refractivity (Wildman–Crippen MR) is 51.2 cm³/mol. The molecule has 0 saturated heterocycles. The Hall–Kier alpha value is -1.56. The Morgan fingerprint density at radius 1 is 1.25 bits per heavy atom. The van der Waals surface area contributed by atoms with E-state index < -0.39 is 17.7 Å². The molecule has 0 aliphatic carbocycles. The molecule has 84 valence electrons. The minimum Gasteiger partial charge on any atom is -0.544 e. The van der Waals surface area contributed by atoms with E-state index in [0.717, 1.165) is 23.5 Å². The fourth-order valence-corrected chi connectivity index (χ4v) is 2.20. The highest BCUT2D eigenvalue weighted by molar-refractivity contribution is 7.20. The Morgan fingerprint density at radius 2 is 1.94 bits per heavy atom. The van der Waals surface area contributed by atoms with Crippen molar-refractivity contribution >= 4 is 27.4 Å². The average Bonchev–Trinajstić information content (AvgIpc) is 2.58. The van der Waals surface area contributed by atoms with Gasteiger partial charge in [-0.1, -0.05) is 0 Å². The number of hydrogen-bond acceptors (Lipinski definition) is 3. The Kier molecular flexibility index (Phi) is 2.38. The number of benzene rings is 1. The fraction of sp³-hybridized carbons (Fsp3) is 0.100. The topological polar surface area (TPSA) is 40.1 Å². The second kappa shape index (κ2) is 3.48. The summed E-state index contributed by atoms with van der Waals surface area (Å²) in [6, 6.07) is 4.30. The normalized spacial score (nSPS) is 11.9. The maximum atomic E-state index is 12.4. The van der Waals surface area contributed by atoms with Crippen LogP contribution in [0, 0.1) is 0 Å². The number of carboxylic acid groups (broad SMARTS) is 1. The van der Waals surface area contributed by atoms with E-state index in [2.05, 4.69) is 0 Å². The van der Waals surface area contributed by atoms with Crippen LogP contribution >= 0.6 is 11.3 Å². The summed E-state index contributed by atoms with van der Waals surface area (Å²) >= 11 is 0.895. The summed E-state index contributed by atoms with van der Waals surface area (Å²) in [4.78, 5) is 10.5. The first-order valence-corrected chi connectivity index (χ1v) is 5.02. The van der Waals surface area contributed by atoms with Crippen molar-refractivity contribution in [3.63, 3.8) is 0 Å². The van der Waals surface area contributed by atoms with E-state index in [4.69, 9.17) is 0 Å². The van der Waals surface area contributed by atoms with Gasteiger partial charge in [-0.2, -0.15) is 13.2 Å². The van der Waals surface area contributed by atoms with Crippen molar-refractivity contribution in [3.8, 4) is 0 Å². The zero-order chi connectivity index (χ0) is 11.9. The molecule has 0 aliphatic rings. The van der Waals surface area contributed by atoms with Gasteiger partial charge in [0.25, 0.3) is 0 Å². The lowest BCUT2D eigenvalue weighted by atomic mass is 10.1. The Balaban J connectivity index is 2.58. The summed E-state index contributed by atoms with van der Waals surface area (Å²) in [6.45, 7) is 0. The summed E-state index contributed by atoms with van der Waals surface area (Å²) in [5.41, 5.74) is -0.789. The van der Waals surface area contributed by atoms with Crippen LogP contribution in [-0.4, -0.2) is 5.97 Å². The second-order valence-electron chi connectivity index (χ2n) is 3.15. The first-order chi connectivity index (χ1) is 7.38. The monoisotopic (exact) mass is 245 g/mol. The van der Waals surface area contributed by atoms with Crippen LogP contribution in [0.15, 0.2) is 24.3 Å². The van der Waals surface area contributed by atoms with Crippen LogP contribution in [0.4, 0.5) is 13.2 Å². The smallest absolute Gasteiger partial charge is 0.416 e. The summed E-state index contributed by atoms with van der Waals surface area (Å²) < 4.78 is 37.6. The van der Waals surface area contributed by atoms with Gasteiger partial charge in [-0.15, -0.1) is 11.3 Å². The van der Waals surface area contributed by atoms with Crippen molar-refractivity contribution in [2.75, 3.05) is 0 Å². The summed E-state index contributed by atoms with van der Waals surface area (Å²) in [5.74, 6) is -1.38. The molecule has 0 aliphatic heterocycles. The van der Waals surface area contributed by atoms with Gasteiger partial charge in [-0.05, 0) is 29.7 Å². The first-order valence-electron chi connectivity index (χ1n) is 4.20. The number of aromatic carboxylic acids is 1. The molecule has 0 N–H and O–H groups in total. The predicted octanol–water partition coefficient (Wildman–Crippen LogP) is 2.28. The lowest BCUT2D eigenvalue weighted by Gasteiger charge is -2.05. The second-order valence-corrected chi connectivity index (χ2v) is 4.23. The number of carbonyl (C=O) groups is 1. The van der Waals surface area contributed by atoms with Gasteiger partial charge in [0, 0.05) is 4.70 Å². The van der Waals surface area contributed by atoms with Crippen LogP contribution in [-0.2, 0) is 6.18 Å². The van der Waals surface area contributed by atoms with E-state index >= 15 is 0 Å². The summed E-state index contributed by atoms with van der Waals surface area (Å²) in [7, 11) is 0. The van der Waals surface area contributed by atoms with Gasteiger partial charge >= 0.3 is 6.18 Å². The highest BCUT2D eigenvalue weighted by Gasteiger charge is 2.30. The Bertz CT molecular complexity index is 557. The van der Waals surface area contributed by atoms with Gasteiger partial charge in [-0.3, -0.25) is 0 Å². The van der Waals surface area contributed by atoms with E-state index in [0.29, 0.717) is 4.70 Å². The van der Waals surface area contributed by atoms with Gasteiger partial charge in [0.15, 0.2) is 0 Å². The number of halogens is 3. The van der Waals surface area contributed by atoms with E-state index in [1.54, 1.807) is 0 Å². The number of thiophene rings is 1. The average molecular weight is 245 g/mol. The third-order valence-corrected chi connectivity index (χ3v) is 3.14. The van der Waals surface area contributed by atoms with Crippen molar-refractivity contribution < 1.29 is 23.1 Å². The van der Waals surface area contributed by atoms with Crippen LogP contribution in [0.3, 0.4) is 0 Å². The molecule has 1 heterocycles. The van der Waals surface area contributed by atoms with E-state index in [1.165, 1.54) is 12.1 Å². The van der Waals surface area contributed by atoms with Crippen molar-refractivity contribution in [2.24, 2.45) is 0 Å². The van der Waals surface area contributed by atoms with E-state index in [9.17, 15) is 23.1 Å². The van der Waals surface area contributed by atoms with Gasteiger partial charge in [0.1, 0.15) is 0 Å². The molecule has 0 amide bonds. The van der Waals surface area contributed by atoms with Gasteiger partial charge in [-0.25, -0.2) is 0 Å². The maximum absolute atomic E-state index is 12.4. The van der Waals surface area contributed by atoms with Gasteiger partial charge in [0.2, 0.25) is 0 Å². The summed E-state index contributed by atoms with van der Waals surface area (Å²) in [6.07, 6.45) is -4.42. The molecule has 2 nitrogen and oxygen atoms in total. The zero-order valence-corrected chi connectivity index (χ0v) is 8.48. The van der Waals surface area contributed by atoms with Crippen molar-refractivity contribution in [1.29, 1.82) is 0 Å². The molecule has 0 unspecified atom stereocenters. The van der Waals surface area contributed by atoms with Crippen LogP contribution in [0.2, 0.25) is 0 Å². The third-order valence-electron chi connectivity index (χ3n) is 2.04. The molecule has 0 bridgehead atoms. The largest absolute Gasteiger partial charge is 0.544 e. The quantitative estimate of drug-likeness (QED) is 0.773. The molecule has 2 aromatic rings. The van der Waals surface area contributed by atoms with E-state index in [1.807, 2.05) is 0 Å². The molecule has 0 radical (unpaired) electrons. The molecule has 1 aromatic heterocycles. The first kappa shape index (κ1) is 10.9. The molecule has 1 aromatic carbocycles. The third kappa shape index (κ3) is 1.88. The lowest BCUT2D eigenvalue weighted by Crippen LogP contribution is -2.20. The van der Waals surface area contributed by atoms with Crippen LogP contribution in [0.1, 0.15) is 15.2 Å². The molecule has 0 atom stereocenters. The maximum Gasteiger partial charge on any atom is 0.416 e. The van der Waals surface area contributed by atoms with Crippen LogP contribution < -0.4 is 5.11 Å². The molecular formula is C10H4F3O2S-. The van der Waals surface area contributed by atoms with Gasteiger partial charge in [0.05, 0.1) is 16.4 Å². The molecular weight excluding hydrogens is 241 g/mol. The molecule has 2 rings (SSSR count). The number of carboxylic acids is 1. The van der Waals surface area contributed by atoms with Crippen molar-refractivity contribution in [3.05, 3.63) is 34.7 Å². The Morgan fingerprint density at radius 3 is 2.50 bits per heavy atom. The number of alkyl halides is 3.